The molecule has 1 aromatic carbocycles. The van der Waals surface area contributed by atoms with Crippen molar-refractivity contribution < 1.29 is 4.74 Å². The predicted octanol–water partition coefficient (Wildman–Crippen LogP) is 2.61. The zero-order valence-electron chi connectivity index (χ0n) is 11.9. The smallest absolute Gasteiger partial charge is 0.0613 e. The first-order valence-corrected chi connectivity index (χ1v) is 7.47. The molecular weight excluding hydrogens is 236 g/mol. The summed E-state index contributed by atoms with van der Waals surface area (Å²) in [5.74, 6) is 0.701. The van der Waals surface area contributed by atoms with Crippen molar-refractivity contribution in [3.63, 3.8) is 0 Å². The first-order valence-electron chi connectivity index (χ1n) is 7.47. The number of para-hydroxylation sites is 1. The van der Waals surface area contributed by atoms with E-state index in [4.69, 9.17) is 10.5 Å². The van der Waals surface area contributed by atoms with Crippen LogP contribution in [-0.4, -0.2) is 25.8 Å². The van der Waals surface area contributed by atoms with E-state index in [0.717, 1.165) is 44.6 Å². The average molecular weight is 262 g/mol. The van der Waals surface area contributed by atoms with Crippen LogP contribution in [0.15, 0.2) is 24.3 Å². The van der Waals surface area contributed by atoms with Gasteiger partial charge in [0.15, 0.2) is 0 Å². The summed E-state index contributed by atoms with van der Waals surface area (Å²) in [6.45, 7) is 5.29. The van der Waals surface area contributed by atoms with Gasteiger partial charge in [-0.2, -0.15) is 0 Å². The Hall–Kier alpha value is -1.06. The summed E-state index contributed by atoms with van der Waals surface area (Å²) in [4.78, 5) is 0. The highest BCUT2D eigenvalue weighted by Gasteiger charge is 2.25. The fourth-order valence-electron chi connectivity index (χ4n) is 2.83. The lowest BCUT2D eigenvalue weighted by Gasteiger charge is -2.17. The van der Waals surface area contributed by atoms with E-state index in [-0.39, 0.29) is 0 Å². The summed E-state index contributed by atoms with van der Waals surface area (Å²) in [5, 5.41) is 3.56. The monoisotopic (exact) mass is 262 g/mol. The molecule has 19 heavy (non-hydrogen) atoms. The van der Waals surface area contributed by atoms with E-state index in [1.165, 1.54) is 12.0 Å². The molecule has 1 saturated heterocycles. The molecule has 3 N–H and O–H groups in total. The second-order valence-electron chi connectivity index (χ2n) is 5.37. The van der Waals surface area contributed by atoms with Gasteiger partial charge < -0.3 is 15.8 Å². The second kappa shape index (κ2) is 7.51. The zero-order valence-corrected chi connectivity index (χ0v) is 11.9. The van der Waals surface area contributed by atoms with Crippen molar-refractivity contribution in [3.8, 4) is 0 Å². The normalized spacial score (nSPS) is 22.8. The lowest BCUT2D eigenvalue weighted by atomic mass is 9.99. The number of ether oxygens (including phenoxy) is 1. The van der Waals surface area contributed by atoms with Gasteiger partial charge in [-0.15, -0.1) is 0 Å². The van der Waals surface area contributed by atoms with Crippen LogP contribution >= 0.6 is 0 Å². The van der Waals surface area contributed by atoms with Gasteiger partial charge in [-0.05, 0) is 49.8 Å². The van der Waals surface area contributed by atoms with E-state index in [1.54, 1.807) is 0 Å². The Morgan fingerprint density at radius 1 is 1.37 bits per heavy atom. The zero-order chi connectivity index (χ0) is 13.5. The number of aryl methyl sites for hydroxylation is 1. The number of nitrogens with two attached hydrogens (primary N) is 1. The van der Waals surface area contributed by atoms with Crippen LogP contribution in [0.4, 0.5) is 5.69 Å². The van der Waals surface area contributed by atoms with Crippen molar-refractivity contribution in [2.45, 2.75) is 38.7 Å². The van der Waals surface area contributed by atoms with Gasteiger partial charge in [-0.1, -0.05) is 25.1 Å². The maximum absolute atomic E-state index is 5.93. The predicted molar refractivity (Wildman–Crippen MR) is 80.2 cm³/mol. The molecule has 106 valence electrons. The van der Waals surface area contributed by atoms with Crippen LogP contribution in [0.25, 0.3) is 0 Å². The molecule has 1 aliphatic rings. The topological polar surface area (TPSA) is 47.3 Å². The fraction of sp³-hybridized carbons (Fsp3) is 0.625. The lowest BCUT2D eigenvalue weighted by Crippen LogP contribution is -2.29. The summed E-state index contributed by atoms with van der Waals surface area (Å²) in [6.07, 6.45) is 5.00. The van der Waals surface area contributed by atoms with E-state index >= 15 is 0 Å². The van der Waals surface area contributed by atoms with Crippen LogP contribution in [0.5, 0.6) is 0 Å². The minimum atomic E-state index is 0.470. The highest BCUT2D eigenvalue weighted by molar-refractivity contribution is 5.46. The van der Waals surface area contributed by atoms with Gasteiger partial charge in [-0.25, -0.2) is 0 Å². The van der Waals surface area contributed by atoms with Crippen molar-refractivity contribution in [2.75, 3.05) is 25.4 Å². The number of benzene rings is 1. The summed E-state index contributed by atoms with van der Waals surface area (Å²) < 4.78 is 5.70. The Bertz CT molecular complexity index is 381. The van der Waals surface area contributed by atoms with Crippen LogP contribution in [0.3, 0.4) is 0 Å². The van der Waals surface area contributed by atoms with Crippen molar-refractivity contribution in [3.05, 3.63) is 29.8 Å². The molecule has 2 unspecified atom stereocenters. The van der Waals surface area contributed by atoms with Crippen molar-refractivity contribution in [2.24, 2.45) is 5.92 Å². The molecule has 1 aliphatic heterocycles. The van der Waals surface area contributed by atoms with Crippen LogP contribution < -0.4 is 11.1 Å². The maximum Gasteiger partial charge on any atom is 0.0613 e. The third kappa shape index (κ3) is 4.22. The third-order valence-electron chi connectivity index (χ3n) is 4.01. The number of nitrogens with one attached hydrogen (secondary N) is 1. The summed E-state index contributed by atoms with van der Waals surface area (Å²) in [7, 11) is 0. The molecule has 0 amide bonds. The van der Waals surface area contributed by atoms with Crippen molar-refractivity contribution in [1.29, 1.82) is 0 Å². The van der Waals surface area contributed by atoms with E-state index < -0.39 is 0 Å². The second-order valence-corrected chi connectivity index (χ2v) is 5.37. The molecule has 3 heteroatoms. The van der Waals surface area contributed by atoms with Crippen LogP contribution in [0, 0.1) is 5.92 Å². The Morgan fingerprint density at radius 3 is 3.00 bits per heavy atom. The Kier molecular flexibility index (Phi) is 5.67. The third-order valence-corrected chi connectivity index (χ3v) is 4.01. The largest absolute Gasteiger partial charge is 0.399 e. The molecule has 1 fully saturated rings. The van der Waals surface area contributed by atoms with Gasteiger partial charge in [0, 0.05) is 18.8 Å². The first-order chi connectivity index (χ1) is 9.31. The van der Waals surface area contributed by atoms with Crippen molar-refractivity contribution >= 4 is 5.69 Å². The van der Waals surface area contributed by atoms with E-state index in [9.17, 15) is 0 Å². The highest BCUT2D eigenvalue weighted by atomic mass is 16.5. The Balaban J connectivity index is 1.61. The molecule has 3 nitrogen and oxygen atoms in total. The number of hydrogen-bond donors (Lipinski definition) is 2. The first kappa shape index (κ1) is 14.4. The molecular formula is C16H26N2O. The molecule has 1 aromatic rings. The SMILES string of the molecule is CCC1OCCC1CNCCCc1ccccc1N. The van der Waals surface area contributed by atoms with E-state index in [1.807, 2.05) is 12.1 Å². The average Bonchev–Trinajstić information content (AvgIpc) is 2.88. The fourth-order valence-corrected chi connectivity index (χ4v) is 2.83. The standard InChI is InChI=1S/C16H26N2O/c1-2-16-14(9-11-19-16)12-18-10-5-7-13-6-3-4-8-15(13)17/h3-4,6,8,14,16,18H,2,5,7,9-12,17H2,1H3. The summed E-state index contributed by atoms with van der Waals surface area (Å²) in [5.41, 5.74) is 8.11. The number of anilines is 1. The maximum atomic E-state index is 5.93. The molecule has 0 aromatic heterocycles. The number of hydrogen-bond acceptors (Lipinski definition) is 3. The minimum Gasteiger partial charge on any atom is -0.399 e. The van der Waals surface area contributed by atoms with Crippen LogP contribution in [0.2, 0.25) is 0 Å². The van der Waals surface area contributed by atoms with Crippen LogP contribution in [-0.2, 0) is 11.2 Å². The van der Waals surface area contributed by atoms with Crippen molar-refractivity contribution in [1.82, 2.24) is 5.32 Å². The number of nitrogen functional groups attached to an aromatic ring is 1. The lowest BCUT2D eigenvalue weighted by molar-refractivity contribution is 0.0873. The molecule has 0 aliphatic carbocycles. The quantitative estimate of drug-likeness (QED) is 0.586. The molecule has 2 rings (SSSR count). The van der Waals surface area contributed by atoms with Gasteiger partial charge in [0.1, 0.15) is 0 Å². The van der Waals surface area contributed by atoms with Gasteiger partial charge in [0.2, 0.25) is 0 Å². The minimum absolute atomic E-state index is 0.470. The summed E-state index contributed by atoms with van der Waals surface area (Å²) >= 11 is 0. The highest BCUT2D eigenvalue weighted by Crippen LogP contribution is 2.22. The number of rotatable bonds is 7. The molecule has 2 atom stereocenters. The van der Waals surface area contributed by atoms with Gasteiger partial charge in [0.25, 0.3) is 0 Å². The molecule has 0 spiro atoms. The molecule has 0 saturated carbocycles. The molecule has 1 heterocycles. The van der Waals surface area contributed by atoms with Crippen LogP contribution in [0.1, 0.15) is 31.7 Å². The van der Waals surface area contributed by atoms with E-state index in [2.05, 4.69) is 24.4 Å². The molecule has 0 radical (unpaired) electrons. The van der Waals surface area contributed by atoms with Gasteiger partial charge in [-0.3, -0.25) is 0 Å². The van der Waals surface area contributed by atoms with E-state index in [0.29, 0.717) is 12.0 Å². The summed E-state index contributed by atoms with van der Waals surface area (Å²) in [6, 6.07) is 8.14. The Labute approximate surface area is 116 Å². The molecule has 0 bridgehead atoms. The van der Waals surface area contributed by atoms with Gasteiger partial charge >= 0.3 is 0 Å². The van der Waals surface area contributed by atoms with Gasteiger partial charge in [0.05, 0.1) is 6.10 Å². The Morgan fingerprint density at radius 2 is 2.21 bits per heavy atom.